The third-order valence-corrected chi connectivity index (χ3v) is 5.37. The molecule has 2 aliphatic rings. The van der Waals surface area contributed by atoms with Crippen LogP contribution in [0.3, 0.4) is 0 Å². The molecule has 2 fully saturated rings. The maximum Gasteiger partial charge on any atom is 0.241 e. The van der Waals surface area contributed by atoms with Crippen molar-refractivity contribution in [2.45, 2.75) is 19.3 Å². The van der Waals surface area contributed by atoms with Crippen molar-refractivity contribution in [2.24, 2.45) is 11.8 Å². The van der Waals surface area contributed by atoms with E-state index >= 15 is 0 Å². The van der Waals surface area contributed by atoms with Gasteiger partial charge in [-0.1, -0.05) is 60.7 Å². The van der Waals surface area contributed by atoms with Crippen molar-refractivity contribution in [1.82, 2.24) is 10.0 Å². The molecule has 0 bridgehead atoms. The van der Waals surface area contributed by atoms with E-state index in [-0.39, 0.29) is 42.4 Å². The van der Waals surface area contributed by atoms with E-state index in [1.165, 1.54) is 10.6 Å². The molecule has 2 amide bonds. The summed E-state index contributed by atoms with van der Waals surface area (Å²) in [6.07, 6.45) is 1.42. The molecule has 2 atom stereocenters. The summed E-state index contributed by atoms with van der Waals surface area (Å²) in [7, 11) is 0. The van der Waals surface area contributed by atoms with Crippen molar-refractivity contribution < 1.29 is 14.4 Å². The molecule has 5 nitrogen and oxygen atoms in total. The van der Waals surface area contributed by atoms with Crippen molar-refractivity contribution in [3.05, 3.63) is 71.8 Å². The molecule has 27 heavy (non-hydrogen) atoms. The van der Waals surface area contributed by atoms with Crippen LogP contribution in [0.4, 0.5) is 0 Å². The Bertz CT molecular complexity index is 850. The Morgan fingerprint density at radius 2 is 1.41 bits per heavy atom. The zero-order valence-corrected chi connectivity index (χ0v) is 15.1. The molecular formula is C22H22N2O3. The summed E-state index contributed by atoms with van der Waals surface area (Å²) in [5.74, 6) is -0.397. The van der Waals surface area contributed by atoms with Gasteiger partial charge in [0.15, 0.2) is 5.78 Å². The zero-order chi connectivity index (χ0) is 18.8. The number of hydrogen-bond acceptors (Lipinski definition) is 3. The SMILES string of the molecule is O=C(c1ccccc1)C1CC(=O)N(N2CC(Cc3ccccc3)CC2=O)C1. The molecule has 0 N–H and O–H groups in total. The predicted octanol–water partition coefficient (Wildman–Crippen LogP) is 2.72. The molecule has 2 aromatic carbocycles. The summed E-state index contributed by atoms with van der Waals surface area (Å²) < 4.78 is 0. The number of amides is 2. The van der Waals surface area contributed by atoms with Crippen molar-refractivity contribution in [2.75, 3.05) is 13.1 Å². The third kappa shape index (κ3) is 3.63. The Morgan fingerprint density at radius 1 is 0.815 bits per heavy atom. The fourth-order valence-corrected chi connectivity index (χ4v) is 4.02. The van der Waals surface area contributed by atoms with Gasteiger partial charge in [-0.15, -0.1) is 0 Å². The summed E-state index contributed by atoms with van der Waals surface area (Å²) in [6.45, 7) is 0.822. The highest BCUT2D eigenvalue weighted by Gasteiger charge is 2.42. The number of carbonyl (C=O) groups is 3. The smallest absolute Gasteiger partial charge is 0.241 e. The number of ketones is 1. The van der Waals surface area contributed by atoms with Crippen LogP contribution in [-0.4, -0.2) is 40.7 Å². The minimum Gasteiger partial charge on any atom is -0.294 e. The van der Waals surface area contributed by atoms with Gasteiger partial charge in [0, 0.05) is 24.9 Å². The predicted molar refractivity (Wildman–Crippen MR) is 101 cm³/mol. The second kappa shape index (κ2) is 7.35. The zero-order valence-electron chi connectivity index (χ0n) is 15.1. The summed E-state index contributed by atoms with van der Waals surface area (Å²) in [5.41, 5.74) is 1.81. The van der Waals surface area contributed by atoms with Crippen LogP contribution < -0.4 is 0 Å². The average molecular weight is 362 g/mol. The molecule has 4 rings (SSSR count). The van der Waals surface area contributed by atoms with Crippen molar-refractivity contribution in [3.63, 3.8) is 0 Å². The Morgan fingerprint density at radius 3 is 2.11 bits per heavy atom. The lowest BCUT2D eigenvalue weighted by Crippen LogP contribution is -2.45. The van der Waals surface area contributed by atoms with Gasteiger partial charge in [-0.3, -0.25) is 24.4 Å². The van der Waals surface area contributed by atoms with Gasteiger partial charge in [0.2, 0.25) is 11.8 Å². The van der Waals surface area contributed by atoms with Crippen molar-refractivity contribution >= 4 is 17.6 Å². The highest BCUT2D eigenvalue weighted by Crippen LogP contribution is 2.29. The summed E-state index contributed by atoms with van der Waals surface area (Å²) in [4.78, 5) is 37.7. The van der Waals surface area contributed by atoms with E-state index in [9.17, 15) is 14.4 Å². The number of hydrazine groups is 1. The molecule has 2 heterocycles. The first-order chi connectivity index (χ1) is 13.1. The number of hydrogen-bond donors (Lipinski definition) is 0. The Labute approximate surface area is 158 Å². The number of rotatable bonds is 5. The number of carbonyl (C=O) groups excluding carboxylic acids is 3. The molecule has 2 aromatic rings. The van der Waals surface area contributed by atoms with Gasteiger partial charge < -0.3 is 0 Å². The lowest BCUT2D eigenvalue weighted by Gasteiger charge is -2.28. The minimum absolute atomic E-state index is 0.0288. The van der Waals surface area contributed by atoms with Gasteiger partial charge in [0.1, 0.15) is 0 Å². The normalized spacial score (nSPS) is 22.5. The summed E-state index contributed by atoms with van der Waals surface area (Å²) >= 11 is 0. The molecule has 0 aliphatic carbocycles. The summed E-state index contributed by atoms with van der Waals surface area (Å²) in [5, 5.41) is 3.06. The number of nitrogens with zero attached hydrogens (tertiary/aromatic N) is 2. The van der Waals surface area contributed by atoms with Crippen molar-refractivity contribution in [1.29, 1.82) is 0 Å². The molecule has 0 spiro atoms. The molecule has 2 saturated heterocycles. The fraction of sp³-hybridized carbons (Fsp3) is 0.318. The van der Waals surface area contributed by atoms with E-state index in [1.54, 1.807) is 17.1 Å². The monoisotopic (exact) mass is 362 g/mol. The van der Waals surface area contributed by atoms with Gasteiger partial charge in [0.05, 0.1) is 12.5 Å². The van der Waals surface area contributed by atoms with Crippen molar-refractivity contribution in [3.8, 4) is 0 Å². The quantitative estimate of drug-likeness (QED) is 0.769. The fourth-order valence-electron chi connectivity index (χ4n) is 4.02. The van der Waals surface area contributed by atoms with Crippen LogP contribution >= 0.6 is 0 Å². The maximum absolute atomic E-state index is 12.7. The lowest BCUT2D eigenvalue weighted by atomic mass is 9.97. The van der Waals surface area contributed by atoms with Crippen LogP contribution in [-0.2, 0) is 16.0 Å². The molecule has 0 radical (unpaired) electrons. The van der Waals surface area contributed by atoms with E-state index in [1.807, 2.05) is 36.4 Å². The second-order valence-electron chi connectivity index (χ2n) is 7.34. The Kier molecular flexibility index (Phi) is 4.75. The maximum atomic E-state index is 12.7. The highest BCUT2D eigenvalue weighted by molar-refractivity contribution is 6.01. The molecular weight excluding hydrogens is 340 g/mol. The van der Waals surface area contributed by atoms with Crippen LogP contribution in [0.15, 0.2) is 60.7 Å². The highest BCUT2D eigenvalue weighted by atomic mass is 16.2. The van der Waals surface area contributed by atoms with E-state index in [0.717, 1.165) is 6.42 Å². The van der Waals surface area contributed by atoms with E-state index in [4.69, 9.17) is 0 Å². The van der Waals surface area contributed by atoms with Gasteiger partial charge in [-0.05, 0) is 17.9 Å². The molecule has 2 aliphatic heterocycles. The lowest BCUT2D eigenvalue weighted by molar-refractivity contribution is -0.155. The molecule has 0 saturated carbocycles. The van der Waals surface area contributed by atoms with E-state index in [0.29, 0.717) is 18.5 Å². The van der Waals surface area contributed by atoms with Gasteiger partial charge >= 0.3 is 0 Å². The van der Waals surface area contributed by atoms with E-state index in [2.05, 4.69) is 12.1 Å². The molecule has 0 aromatic heterocycles. The van der Waals surface area contributed by atoms with Crippen LogP contribution in [0.1, 0.15) is 28.8 Å². The van der Waals surface area contributed by atoms with Gasteiger partial charge in [-0.25, -0.2) is 0 Å². The Hall–Kier alpha value is -2.95. The number of Topliss-reactive ketones (excluding diaryl/α,β-unsaturated/α-hetero) is 1. The summed E-state index contributed by atoms with van der Waals surface area (Å²) in [6, 6.07) is 19.1. The largest absolute Gasteiger partial charge is 0.294 e. The van der Waals surface area contributed by atoms with Gasteiger partial charge in [0.25, 0.3) is 0 Å². The van der Waals surface area contributed by atoms with Crippen LogP contribution in [0, 0.1) is 11.8 Å². The van der Waals surface area contributed by atoms with Crippen LogP contribution in [0.2, 0.25) is 0 Å². The average Bonchev–Trinajstić information content (AvgIpc) is 3.24. The topological polar surface area (TPSA) is 57.7 Å². The van der Waals surface area contributed by atoms with Crippen LogP contribution in [0.25, 0.3) is 0 Å². The minimum atomic E-state index is -0.388. The first kappa shape index (κ1) is 17.5. The first-order valence-electron chi connectivity index (χ1n) is 9.35. The first-order valence-corrected chi connectivity index (χ1v) is 9.35. The van der Waals surface area contributed by atoms with Crippen LogP contribution in [0.5, 0.6) is 0 Å². The molecule has 138 valence electrons. The Balaban J connectivity index is 1.42. The standard InChI is InChI=1S/C22H22N2O3/c25-20-12-17(11-16-7-3-1-4-8-16)14-23(20)24-15-19(13-21(24)26)22(27)18-9-5-2-6-10-18/h1-10,17,19H,11-15H2. The molecule has 2 unspecified atom stereocenters. The van der Waals surface area contributed by atoms with Gasteiger partial charge in [-0.2, -0.15) is 0 Å². The number of benzene rings is 2. The van der Waals surface area contributed by atoms with E-state index < -0.39 is 0 Å². The third-order valence-electron chi connectivity index (χ3n) is 5.37. The molecule has 5 heteroatoms. The second-order valence-corrected chi connectivity index (χ2v) is 7.34.